The Morgan fingerprint density at radius 1 is 1.03 bits per heavy atom. The third-order valence-corrected chi connectivity index (χ3v) is 5.47. The van der Waals surface area contributed by atoms with Gasteiger partial charge < -0.3 is 14.2 Å². The predicted octanol–water partition coefficient (Wildman–Crippen LogP) is 4.03. The molecule has 0 aliphatic heterocycles. The second kappa shape index (κ2) is 8.38. The summed E-state index contributed by atoms with van der Waals surface area (Å²) in [6, 6.07) is 13.3. The van der Waals surface area contributed by atoms with Gasteiger partial charge in [0, 0.05) is 16.5 Å². The quantitative estimate of drug-likeness (QED) is 0.440. The van der Waals surface area contributed by atoms with Crippen molar-refractivity contribution in [3.63, 3.8) is 0 Å². The van der Waals surface area contributed by atoms with Gasteiger partial charge in [0.1, 0.15) is 11.2 Å². The Balaban J connectivity index is 1.77. The molecule has 0 saturated carbocycles. The van der Waals surface area contributed by atoms with Crippen molar-refractivity contribution >= 4 is 27.8 Å². The Bertz CT molecular complexity index is 1250. The Labute approximate surface area is 176 Å². The number of aromatic nitrogens is 2. The molecule has 2 aromatic carbocycles. The lowest BCUT2D eigenvalue weighted by molar-refractivity contribution is 0.324. The van der Waals surface area contributed by atoms with Crippen LogP contribution in [0.1, 0.15) is 5.56 Å². The number of hydrogen-bond acceptors (Lipinski definition) is 7. The lowest BCUT2D eigenvalue weighted by Crippen LogP contribution is -2.16. The molecule has 2 aromatic heterocycles. The van der Waals surface area contributed by atoms with E-state index in [1.807, 2.05) is 35.7 Å². The van der Waals surface area contributed by atoms with E-state index in [0.717, 1.165) is 11.1 Å². The Hall–Kier alpha value is -3.65. The van der Waals surface area contributed by atoms with E-state index in [2.05, 4.69) is 10.1 Å². The molecule has 0 atom stereocenters. The number of nitrogens with zero attached hydrogens (tertiary/aromatic N) is 3. The summed E-state index contributed by atoms with van der Waals surface area (Å²) in [7, 11) is 4.63. The molecule has 8 heteroatoms. The van der Waals surface area contributed by atoms with Crippen molar-refractivity contribution in [2.45, 2.75) is 0 Å². The van der Waals surface area contributed by atoms with E-state index in [0.29, 0.717) is 33.0 Å². The Morgan fingerprint density at radius 2 is 1.73 bits per heavy atom. The average Bonchev–Trinajstić information content (AvgIpc) is 3.23. The fourth-order valence-electron chi connectivity index (χ4n) is 3.14. The molecule has 0 saturated heterocycles. The molecule has 0 aliphatic carbocycles. The first-order valence-electron chi connectivity index (χ1n) is 9.05. The highest BCUT2D eigenvalue weighted by atomic mass is 32.1. The molecule has 0 aliphatic rings. The number of fused-ring (bicyclic) bond motifs is 1. The zero-order valence-electron chi connectivity index (χ0n) is 16.7. The number of hydrogen-bond donors (Lipinski definition) is 0. The standard InChI is InChI=1S/C22H19N3O4S/c1-27-17-9-14(10-18(28-2)20(17)29-3)11-24-25-13-23-21-19(22(25)26)16(12-30-21)15-7-5-4-6-8-15/h4-13H,1-3H3/b24-11+. The third kappa shape index (κ3) is 3.53. The van der Waals surface area contributed by atoms with Crippen LogP contribution in [0.4, 0.5) is 0 Å². The van der Waals surface area contributed by atoms with Crippen LogP contribution in [0, 0.1) is 0 Å². The van der Waals surface area contributed by atoms with Gasteiger partial charge in [-0.05, 0) is 17.7 Å². The molecule has 0 N–H and O–H groups in total. The van der Waals surface area contributed by atoms with Crippen molar-refractivity contribution in [3.8, 4) is 28.4 Å². The van der Waals surface area contributed by atoms with Crippen LogP contribution in [0.5, 0.6) is 17.2 Å². The Morgan fingerprint density at radius 3 is 2.37 bits per heavy atom. The number of methoxy groups -OCH3 is 3. The second-order valence-corrected chi connectivity index (χ2v) is 7.15. The van der Waals surface area contributed by atoms with Crippen LogP contribution in [-0.2, 0) is 0 Å². The molecule has 0 unspecified atom stereocenters. The molecule has 2 heterocycles. The highest BCUT2D eigenvalue weighted by Crippen LogP contribution is 2.37. The van der Waals surface area contributed by atoms with E-state index >= 15 is 0 Å². The minimum Gasteiger partial charge on any atom is -0.493 e. The van der Waals surface area contributed by atoms with Crippen molar-refractivity contribution in [1.82, 2.24) is 9.66 Å². The van der Waals surface area contributed by atoms with E-state index in [9.17, 15) is 4.79 Å². The molecule has 4 rings (SSSR count). The van der Waals surface area contributed by atoms with Gasteiger partial charge in [-0.2, -0.15) is 9.78 Å². The predicted molar refractivity (Wildman–Crippen MR) is 118 cm³/mol. The molecule has 7 nitrogen and oxygen atoms in total. The summed E-state index contributed by atoms with van der Waals surface area (Å²) in [5.74, 6) is 1.50. The topological polar surface area (TPSA) is 74.9 Å². The van der Waals surface area contributed by atoms with Crippen LogP contribution in [-0.4, -0.2) is 37.2 Å². The van der Waals surface area contributed by atoms with Crippen molar-refractivity contribution in [1.29, 1.82) is 0 Å². The minimum absolute atomic E-state index is 0.233. The monoisotopic (exact) mass is 421 g/mol. The van der Waals surface area contributed by atoms with E-state index in [1.165, 1.54) is 22.3 Å². The molecule has 152 valence electrons. The zero-order chi connectivity index (χ0) is 21.1. The number of benzene rings is 2. The van der Waals surface area contributed by atoms with Gasteiger partial charge in [0.2, 0.25) is 5.75 Å². The molecule has 0 bridgehead atoms. The second-order valence-electron chi connectivity index (χ2n) is 6.29. The highest BCUT2D eigenvalue weighted by Gasteiger charge is 2.14. The summed E-state index contributed by atoms with van der Waals surface area (Å²) in [6.07, 6.45) is 2.97. The van der Waals surface area contributed by atoms with Crippen LogP contribution in [0.2, 0.25) is 0 Å². The molecule has 0 radical (unpaired) electrons. The number of thiophene rings is 1. The maximum absolute atomic E-state index is 13.1. The largest absolute Gasteiger partial charge is 0.493 e. The van der Waals surface area contributed by atoms with Crippen LogP contribution >= 0.6 is 11.3 Å². The van der Waals surface area contributed by atoms with Crippen LogP contribution in [0.25, 0.3) is 21.3 Å². The lowest BCUT2D eigenvalue weighted by Gasteiger charge is -2.12. The van der Waals surface area contributed by atoms with Gasteiger partial charge in [-0.1, -0.05) is 30.3 Å². The van der Waals surface area contributed by atoms with Gasteiger partial charge >= 0.3 is 0 Å². The summed E-state index contributed by atoms with van der Waals surface area (Å²) in [6.45, 7) is 0. The van der Waals surface area contributed by atoms with Gasteiger partial charge in [0.15, 0.2) is 11.5 Å². The van der Waals surface area contributed by atoms with Crippen molar-refractivity contribution < 1.29 is 14.2 Å². The summed E-state index contributed by atoms with van der Waals surface area (Å²) < 4.78 is 17.3. The first-order chi connectivity index (χ1) is 14.7. The van der Waals surface area contributed by atoms with Gasteiger partial charge in [-0.25, -0.2) is 4.98 Å². The Kier molecular flexibility index (Phi) is 5.49. The highest BCUT2D eigenvalue weighted by molar-refractivity contribution is 7.17. The first-order valence-corrected chi connectivity index (χ1v) is 9.93. The summed E-state index contributed by atoms with van der Waals surface area (Å²) in [5, 5.41) is 6.81. The number of ether oxygens (including phenoxy) is 3. The van der Waals surface area contributed by atoms with Crippen molar-refractivity contribution in [3.05, 3.63) is 70.1 Å². The zero-order valence-corrected chi connectivity index (χ0v) is 17.5. The molecule has 0 amide bonds. The fourth-order valence-corrected chi connectivity index (χ4v) is 4.05. The molecule has 30 heavy (non-hydrogen) atoms. The van der Waals surface area contributed by atoms with Gasteiger partial charge in [-0.3, -0.25) is 4.79 Å². The maximum Gasteiger partial charge on any atom is 0.283 e. The van der Waals surface area contributed by atoms with E-state index in [-0.39, 0.29) is 5.56 Å². The van der Waals surface area contributed by atoms with Crippen LogP contribution < -0.4 is 19.8 Å². The molecular formula is C22H19N3O4S. The summed E-state index contributed by atoms with van der Waals surface area (Å²) >= 11 is 1.44. The lowest BCUT2D eigenvalue weighted by atomic mass is 10.1. The SMILES string of the molecule is COc1cc(/C=N/n2cnc3scc(-c4ccccc4)c3c2=O)cc(OC)c1OC. The molecule has 4 aromatic rings. The number of rotatable bonds is 6. The van der Waals surface area contributed by atoms with E-state index < -0.39 is 0 Å². The van der Waals surface area contributed by atoms with Gasteiger partial charge in [-0.15, -0.1) is 11.3 Å². The van der Waals surface area contributed by atoms with E-state index in [1.54, 1.807) is 39.7 Å². The summed E-state index contributed by atoms with van der Waals surface area (Å²) in [5.41, 5.74) is 2.27. The fraction of sp³-hybridized carbons (Fsp3) is 0.136. The van der Waals surface area contributed by atoms with Gasteiger partial charge in [0.25, 0.3) is 5.56 Å². The van der Waals surface area contributed by atoms with Crippen LogP contribution in [0.15, 0.2) is 64.1 Å². The van der Waals surface area contributed by atoms with Crippen molar-refractivity contribution in [2.24, 2.45) is 5.10 Å². The molecule has 0 spiro atoms. The molecule has 0 fully saturated rings. The minimum atomic E-state index is -0.233. The van der Waals surface area contributed by atoms with E-state index in [4.69, 9.17) is 14.2 Å². The third-order valence-electron chi connectivity index (χ3n) is 4.58. The maximum atomic E-state index is 13.1. The molecular weight excluding hydrogens is 402 g/mol. The first kappa shape index (κ1) is 19.7. The smallest absolute Gasteiger partial charge is 0.283 e. The average molecular weight is 421 g/mol. The van der Waals surface area contributed by atoms with Crippen molar-refractivity contribution in [2.75, 3.05) is 21.3 Å². The summed E-state index contributed by atoms with van der Waals surface area (Å²) in [4.78, 5) is 18.2. The van der Waals surface area contributed by atoms with Crippen LogP contribution in [0.3, 0.4) is 0 Å². The van der Waals surface area contributed by atoms with Gasteiger partial charge in [0.05, 0.1) is 32.9 Å². The normalized spacial score (nSPS) is 11.2.